The molecule has 0 radical (unpaired) electrons. The molecule has 10 heteroatoms. The Hall–Kier alpha value is -3.53. The molecule has 1 saturated heterocycles. The lowest BCUT2D eigenvalue weighted by Crippen LogP contribution is -2.54. The van der Waals surface area contributed by atoms with Crippen molar-refractivity contribution in [3.8, 4) is 0 Å². The van der Waals surface area contributed by atoms with Crippen molar-refractivity contribution in [1.29, 1.82) is 0 Å². The van der Waals surface area contributed by atoms with Gasteiger partial charge in [0, 0.05) is 23.2 Å². The highest BCUT2D eigenvalue weighted by Crippen LogP contribution is 2.31. The topological polar surface area (TPSA) is 110 Å². The number of hydrogen-bond acceptors (Lipinski definition) is 6. The summed E-state index contributed by atoms with van der Waals surface area (Å²) >= 11 is 4.94. The number of rotatable bonds is 4. The minimum atomic E-state index is -0.929. The number of nitrogens with zero attached hydrogens (tertiary/aromatic N) is 2. The summed E-state index contributed by atoms with van der Waals surface area (Å²) in [4.78, 5) is 48.8. The molecule has 28 heavy (non-hydrogen) atoms. The van der Waals surface area contributed by atoms with E-state index < -0.39 is 34.0 Å². The molecule has 0 unspecified atom stereocenters. The van der Waals surface area contributed by atoms with Crippen LogP contribution in [0.4, 0.5) is 10.1 Å². The van der Waals surface area contributed by atoms with Crippen LogP contribution in [0.25, 0.3) is 0 Å². The molecule has 3 rings (SSSR count). The molecule has 1 aromatic rings. The van der Waals surface area contributed by atoms with Gasteiger partial charge < -0.3 is 0 Å². The van der Waals surface area contributed by atoms with Gasteiger partial charge in [-0.3, -0.25) is 34.7 Å². The first-order chi connectivity index (χ1) is 13.2. The molecular weight excluding hydrogens is 389 g/mol. The molecule has 2 aliphatic rings. The molecule has 0 atom stereocenters. The molecule has 1 aliphatic heterocycles. The highest BCUT2D eigenvalue weighted by molar-refractivity contribution is 7.80. The maximum Gasteiger partial charge on any atom is 0.276 e. The van der Waals surface area contributed by atoms with Crippen molar-refractivity contribution < 1.29 is 23.7 Å². The molecule has 0 aromatic heterocycles. The predicted octanol–water partition coefficient (Wildman–Crippen LogP) is 1.75. The average molecular weight is 401 g/mol. The van der Waals surface area contributed by atoms with Gasteiger partial charge in [-0.1, -0.05) is 12.2 Å². The number of allylic oxidation sites excluding steroid dienone is 3. The summed E-state index contributed by atoms with van der Waals surface area (Å²) in [6.07, 6.45) is 3.83. The zero-order valence-corrected chi connectivity index (χ0v) is 15.0. The van der Waals surface area contributed by atoms with Crippen molar-refractivity contribution >= 4 is 40.6 Å². The van der Waals surface area contributed by atoms with Gasteiger partial charge in [0.2, 0.25) is 0 Å². The van der Waals surface area contributed by atoms with Crippen LogP contribution in [-0.2, 0) is 16.0 Å². The van der Waals surface area contributed by atoms with Crippen LogP contribution in [0.1, 0.15) is 15.9 Å². The SMILES string of the molecule is C=CCN1C(=O)/C(=C/C2=CCc3c(cc(F)cc3[N+](=O)[O-])C2=O)C(=O)NC1=S. The zero-order valence-electron chi connectivity index (χ0n) is 14.2. The summed E-state index contributed by atoms with van der Waals surface area (Å²) in [5.74, 6) is -3.14. The molecule has 8 nitrogen and oxygen atoms in total. The molecule has 1 aromatic carbocycles. The molecule has 1 aliphatic carbocycles. The van der Waals surface area contributed by atoms with Crippen molar-refractivity contribution in [1.82, 2.24) is 10.2 Å². The second kappa shape index (κ2) is 7.24. The van der Waals surface area contributed by atoms with E-state index in [2.05, 4.69) is 11.9 Å². The van der Waals surface area contributed by atoms with E-state index in [-0.39, 0.29) is 40.4 Å². The summed E-state index contributed by atoms with van der Waals surface area (Å²) < 4.78 is 13.7. The molecule has 1 heterocycles. The molecule has 2 amide bonds. The fraction of sp³-hybridized carbons (Fsp3) is 0.111. The third-order valence-corrected chi connectivity index (χ3v) is 4.54. The van der Waals surface area contributed by atoms with Crippen LogP contribution in [0.3, 0.4) is 0 Å². The highest BCUT2D eigenvalue weighted by Gasteiger charge is 2.34. The predicted molar refractivity (Wildman–Crippen MR) is 99.9 cm³/mol. The number of hydrogen-bond donors (Lipinski definition) is 1. The fourth-order valence-corrected chi connectivity index (χ4v) is 3.18. The largest absolute Gasteiger partial charge is 0.298 e. The summed E-state index contributed by atoms with van der Waals surface area (Å²) in [6.45, 7) is 3.57. The van der Waals surface area contributed by atoms with Crippen LogP contribution in [-0.4, -0.2) is 39.1 Å². The third kappa shape index (κ3) is 3.25. The standard InChI is InChI=1S/C18H12FN3O5S/c1-2-5-21-17(25)13(16(24)20-18(21)28)6-9-3-4-11-12(15(9)23)7-10(19)8-14(11)22(26)27/h2-3,6-8H,1,4-5H2,(H,20,24,28)/b13-6+. The Morgan fingerprint density at radius 1 is 1.36 bits per heavy atom. The van der Waals surface area contributed by atoms with Crippen LogP contribution in [0.2, 0.25) is 0 Å². The van der Waals surface area contributed by atoms with Crippen molar-refractivity contribution in [3.05, 3.63) is 75.1 Å². The molecule has 142 valence electrons. The number of benzene rings is 1. The number of ketones is 1. The lowest BCUT2D eigenvalue weighted by Gasteiger charge is -2.28. The zero-order chi connectivity index (χ0) is 20.6. The molecule has 0 spiro atoms. The summed E-state index contributed by atoms with van der Waals surface area (Å²) in [5, 5.41) is 13.4. The lowest BCUT2D eigenvalue weighted by atomic mass is 9.88. The number of Topliss-reactive ketones (excluding diaryl/α,β-unsaturated/α-hetero) is 1. The van der Waals surface area contributed by atoms with Crippen molar-refractivity contribution in [2.75, 3.05) is 6.54 Å². The molecule has 1 N–H and O–H groups in total. The summed E-state index contributed by atoms with van der Waals surface area (Å²) in [5.41, 5.74) is -0.974. The van der Waals surface area contributed by atoms with Crippen LogP contribution in [0, 0.1) is 15.9 Å². The summed E-state index contributed by atoms with van der Waals surface area (Å²) in [6, 6.07) is 1.65. The number of carbonyl (C=O) groups is 3. The van der Waals surface area contributed by atoms with Gasteiger partial charge in [0.15, 0.2) is 10.9 Å². The van der Waals surface area contributed by atoms with E-state index in [1.165, 1.54) is 12.2 Å². The maximum atomic E-state index is 13.7. The second-order valence-electron chi connectivity index (χ2n) is 5.92. The lowest BCUT2D eigenvalue weighted by molar-refractivity contribution is -0.385. The Labute approximate surface area is 163 Å². The van der Waals surface area contributed by atoms with Gasteiger partial charge in [0.05, 0.1) is 11.0 Å². The van der Waals surface area contributed by atoms with Crippen LogP contribution >= 0.6 is 12.2 Å². The van der Waals surface area contributed by atoms with Crippen LogP contribution in [0.5, 0.6) is 0 Å². The van der Waals surface area contributed by atoms with E-state index in [0.29, 0.717) is 0 Å². The number of amides is 2. The van der Waals surface area contributed by atoms with E-state index in [1.807, 2.05) is 0 Å². The van der Waals surface area contributed by atoms with Gasteiger partial charge in [0.1, 0.15) is 11.4 Å². The first-order valence-corrected chi connectivity index (χ1v) is 8.36. The van der Waals surface area contributed by atoms with Crippen LogP contribution in [0.15, 0.2) is 48.1 Å². The van der Waals surface area contributed by atoms with Gasteiger partial charge in [-0.2, -0.15) is 0 Å². The van der Waals surface area contributed by atoms with E-state index >= 15 is 0 Å². The van der Waals surface area contributed by atoms with Gasteiger partial charge >= 0.3 is 0 Å². The first-order valence-electron chi connectivity index (χ1n) is 7.96. The Balaban J connectivity index is 2.02. The van der Waals surface area contributed by atoms with Crippen LogP contribution < -0.4 is 5.32 Å². The van der Waals surface area contributed by atoms with E-state index in [4.69, 9.17) is 12.2 Å². The van der Waals surface area contributed by atoms with Gasteiger partial charge in [0.25, 0.3) is 17.5 Å². The highest BCUT2D eigenvalue weighted by atomic mass is 32.1. The third-order valence-electron chi connectivity index (χ3n) is 4.22. The smallest absolute Gasteiger partial charge is 0.276 e. The van der Waals surface area contributed by atoms with Crippen molar-refractivity contribution in [3.63, 3.8) is 0 Å². The van der Waals surface area contributed by atoms with E-state index in [0.717, 1.165) is 23.1 Å². The van der Waals surface area contributed by atoms with E-state index in [9.17, 15) is 28.9 Å². The average Bonchev–Trinajstić information content (AvgIpc) is 2.63. The number of fused-ring (bicyclic) bond motifs is 1. The minimum absolute atomic E-state index is 0.0264. The number of thiocarbonyl (C=S) groups is 1. The maximum absolute atomic E-state index is 13.7. The van der Waals surface area contributed by atoms with Crippen molar-refractivity contribution in [2.24, 2.45) is 0 Å². The fourth-order valence-electron chi connectivity index (χ4n) is 2.93. The summed E-state index contributed by atoms with van der Waals surface area (Å²) in [7, 11) is 0. The normalized spacial score (nSPS) is 18.0. The molecule has 1 fully saturated rings. The molecule has 0 bridgehead atoms. The number of nitro benzene ring substituents is 1. The Bertz CT molecular complexity index is 1040. The second-order valence-corrected chi connectivity index (χ2v) is 6.31. The van der Waals surface area contributed by atoms with Crippen molar-refractivity contribution in [2.45, 2.75) is 6.42 Å². The van der Waals surface area contributed by atoms with Gasteiger partial charge in [-0.25, -0.2) is 4.39 Å². The molecule has 0 saturated carbocycles. The number of carbonyl (C=O) groups excluding carboxylic acids is 3. The number of nitro groups is 1. The quantitative estimate of drug-likeness (QED) is 0.206. The molecular formula is C18H12FN3O5S. The monoisotopic (exact) mass is 401 g/mol. The van der Waals surface area contributed by atoms with Gasteiger partial charge in [-0.05, 0) is 30.8 Å². The number of nitrogens with one attached hydrogen (secondary N) is 1. The number of halogens is 1. The first kappa shape index (κ1) is 19.2. The van der Waals surface area contributed by atoms with Gasteiger partial charge in [-0.15, -0.1) is 6.58 Å². The Kier molecular flexibility index (Phi) is 4.97. The Morgan fingerprint density at radius 2 is 2.07 bits per heavy atom. The minimum Gasteiger partial charge on any atom is -0.298 e. The van der Waals surface area contributed by atoms with E-state index in [1.54, 1.807) is 0 Å². The Morgan fingerprint density at radius 3 is 2.71 bits per heavy atom.